The minimum Gasteiger partial charge on any atom is -0.351 e. The van der Waals surface area contributed by atoms with E-state index in [1.165, 1.54) is 0 Å². The second kappa shape index (κ2) is 7.66. The Morgan fingerprint density at radius 1 is 1.30 bits per heavy atom. The average molecular weight is 273 g/mol. The summed E-state index contributed by atoms with van der Waals surface area (Å²) in [5.74, 6) is -0.130. The SMILES string of the molecule is CC(C)N(CCNC(=O)c1cccc(C#N)c1)C(C)C. The summed E-state index contributed by atoms with van der Waals surface area (Å²) in [5.41, 5.74) is 1.04. The van der Waals surface area contributed by atoms with Crippen molar-refractivity contribution < 1.29 is 4.79 Å². The lowest BCUT2D eigenvalue weighted by Gasteiger charge is -2.30. The Kier molecular flexibility index (Phi) is 6.20. The van der Waals surface area contributed by atoms with Crippen LogP contribution in [0.5, 0.6) is 0 Å². The van der Waals surface area contributed by atoms with E-state index >= 15 is 0 Å². The van der Waals surface area contributed by atoms with Crippen LogP contribution >= 0.6 is 0 Å². The first-order chi connectivity index (χ1) is 9.45. The van der Waals surface area contributed by atoms with Crippen LogP contribution in [0.1, 0.15) is 43.6 Å². The smallest absolute Gasteiger partial charge is 0.251 e. The van der Waals surface area contributed by atoms with Crippen molar-refractivity contribution in [2.75, 3.05) is 13.1 Å². The molecule has 108 valence electrons. The Balaban J connectivity index is 2.53. The molecule has 0 heterocycles. The topological polar surface area (TPSA) is 56.1 Å². The molecular formula is C16H23N3O. The molecule has 0 bridgehead atoms. The zero-order chi connectivity index (χ0) is 15.1. The van der Waals surface area contributed by atoms with Crippen molar-refractivity contribution in [3.05, 3.63) is 35.4 Å². The van der Waals surface area contributed by atoms with Crippen LogP contribution in [0.4, 0.5) is 0 Å². The molecule has 20 heavy (non-hydrogen) atoms. The van der Waals surface area contributed by atoms with Gasteiger partial charge in [0.05, 0.1) is 11.6 Å². The van der Waals surface area contributed by atoms with Gasteiger partial charge < -0.3 is 5.32 Å². The molecule has 1 aromatic carbocycles. The maximum atomic E-state index is 12.0. The maximum absolute atomic E-state index is 12.0. The number of hydrogen-bond donors (Lipinski definition) is 1. The highest BCUT2D eigenvalue weighted by molar-refractivity contribution is 5.94. The third-order valence-corrected chi connectivity index (χ3v) is 3.24. The summed E-state index contributed by atoms with van der Waals surface area (Å²) in [6.07, 6.45) is 0. The third-order valence-electron chi connectivity index (χ3n) is 3.24. The van der Waals surface area contributed by atoms with Gasteiger partial charge >= 0.3 is 0 Å². The van der Waals surface area contributed by atoms with Gasteiger partial charge in [0.25, 0.3) is 5.91 Å². The fourth-order valence-electron chi connectivity index (χ4n) is 2.24. The van der Waals surface area contributed by atoms with Gasteiger partial charge in [0, 0.05) is 30.7 Å². The monoisotopic (exact) mass is 273 g/mol. The molecule has 4 nitrogen and oxygen atoms in total. The molecule has 0 fully saturated rings. The molecule has 0 aromatic heterocycles. The van der Waals surface area contributed by atoms with Crippen molar-refractivity contribution in [2.45, 2.75) is 39.8 Å². The normalized spacial score (nSPS) is 10.9. The van der Waals surface area contributed by atoms with E-state index in [0.717, 1.165) is 6.54 Å². The minimum atomic E-state index is -0.130. The van der Waals surface area contributed by atoms with E-state index in [0.29, 0.717) is 29.8 Å². The zero-order valence-electron chi connectivity index (χ0n) is 12.7. The van der Waals surface area contributed by atoms with Crippen molar-refractivity contribution in [1.29, 1.82) is 5.26 Å². The van der Waals surface area contributed by atoms with E-state index in [1.807, 2.05) is 6.07 Å². The molecule has 0 aliphatic heterocycles. The van der Waals surface area contributed by atoms with Gasteiger partial charge in [-0.2, -0.15) is 5.26 Å². The van der Waals surface area contributed by atoms with E-state index < -0.39 is 0 Å². The summed E-state index contributed by atoms with van der Waals surface area (Å²) in [4.78, 5) is 14.3. The molecule has 0 saturated carbocycles. The van der Waals surface area contributed by atoms with Gasteiger partial charge in [0.15, 0.2) is 0 Å². The zero-order valence-corrected chi connectivity index (χ0v) is 12.7. The highest BCUT2D eigenvalue weighted by Gasteiger charge is 2.13. The molecule has 0 spiro atoms. The van der Waals surface area contributed by atoms with E-state index in [4.69, 9.17) is 5.26 Å². The Morgan fingerprint density at radius 3 is 2.50 bits per heavy atom. The van der Waals surface area contributed by atoms with Gasteiger partial charge in [-0.3, -0.25) is 9.69 Å². The summed E-state index contributed by atoms with van der Waals surface area (Å²) in [6.45, 7) is 10.0. The number of rotatable bonds is 6. The third kappa shape index (κ3) is 4.67. The van der Waals surface area contributed by atoms with Crippen LogP contribution in [0.3, 0.4) is 0 Å². The summed E-state index contributed by atoms with van der Waals surface area (Å²) in [7, 11) is 0. The molecule has 1 amide bonds. The fourth-order valence-corrected chi connectivity index (χ4v) is 2.24. The second-order valence-electron chi connectivity index (χ2n) is 5.37. The first kappa shape index (κ1) is 16.2. The number of carbonyl (C=O) groups excluding carboxylic acids is 1. The molecule has 1 aromatic rings. The van der Waals surface area contributed by atoms with Gasteiger partial charge in [0.2, 0.25) is 0 Å². The maximum Gasteiger partial charge on any atom is 0.251 e. The molecule has 0 radical (unpaired) electrons. The van der Waals surface area contributed by atoms with Crippen LogP contribution in [0, 0.1) is 11.3 Å². The second-order valence-corrected chi connectivity index (χ2v) is 5.37. The Morgan fingerprint density at radius 2 is 1.95 bits per heavy atom. The lowest BCUT2D eigenvalue weighted by atomic mass is 10.1. The molecule has 0 aliphatic carbocycles. The van der Waals surface area contributed by atoms with Crippen molar-refractivity contribution in [2.24, 2.45) is 0 Å². The summed E-state index contributed by atoms with van der Waals surface area (Å²) >= 11 is 0. The van der Waals surface area contributed by atoms with Crippen molar-refractivity contribution in [1.82, 2.24) is 10.2 Å². The van der Waals surface area contributed by atoms with Crippen LogP contribution in [0.15, 0.2) is 24.3 Å². The standard InChI is InChI=1S/C16H23N3O/c1-12(2)19(13(3)4)9-8-18-16(20)15-7-5-6-14(10-15)11-17/h5-7,10,12-13H,8-9H2,1-4H3,(H,18,20). The fraction of sp³-hybridized carbons (Fsp3) is 0.500. The van der Waals surface area contributed by atoms with Crippen LogP contribution in [0.2, 0.25) is 0 Å². The number of nitriles is 1. The number of hydrogen-bond acceptors (Lipinski definition) is 3. The number of amides is 1. The highest BCUT2D eigenvalue weighted by atomic mass is 16.1. The molecule has 0 atom stereocenters. The first-order valence-corrected chi connectivity index (χ1v) is 6.99. The van der Waals surface area contributed by atoms with Crippen LogP contribution in [-0.4, -0.2) is 36.0 Å². The van der Waals surface area contributed by atoms with Crippen LogP contribution in [0.25, 0.3) is 0 Å². The van der Waals surface area contributed by atoms with Crippen LogP contribution in [-0.2, 0) is 0 Å². The quantitative estimate of drug-likeness (QED) is 0.866. The van der Waals surface area contributed by atoms with Gasteiger partial charge in [-0.1, -0.05) is 6.07 Å². The van der Waals surface area contributed by atoms with Gasteiger partial charge in [-0.05, 0) is 45.9 Å². The lowest BCUT2D eigenvalue weighted by molar-refractivity contribution is 0.0939. The number of nitrogens with zero attached hydrogens (tertiary/aromatic N) is 2. The largest absolute Gasteiger partial charge is 0.351 e. The number of nitrogens with one attached hydrogen (secondary N) is 1. The van der Waals surface area contributed by atoms with E-state index in [-0.39, 0.29) is 5.91 Å². The van der Waals surface area contributed by atoms with Gasteiger partial charge in [-0.25, -0.2) is 0 Å². The molecule has 4 heteroatoms. The van der Waals surface area contributed by atoms with Crippen molar-refractivity contribution in [3.8, 4) is 6.07 Å². The van der Waals surface area contributed by atoms with Gasteiger partial charge in [-0.15, -0.1) is 0 Å². The van der Waals surface area contributed by atoms with Gasteiger partial charge in [0.1, 0.15) is 0 Å². The Bertz CT molecular complexity index is 481. The molecule has 1 N–H and O–H groups in total. The minimum absolute atomic E-state index is 0.130. The van der Waals surface area contributed by atoms with Crippen molar-refractivity contribution in [3.63, 3.8) is 0 Å². The molecule has 0 saturated heterocycles. The summed E-state index contributed by atoms with van der Waals surface area (Å²) < 4.78 is 0. The number of benzene rings is 1. The molecular weight excluding hydrogens is 250 g/mol. The van der Waals surface area contributed by atoms with Crippen LogP contribution < -0.4 is 5.32 Å². The molecule has 0 aliphatic rings. The number of carbonyl (C=O) groups is 1. The van der Waals surface area contributed by atoms with Crippen molar-refractivity contribution >= 4 is 5.91 Å². The Hall–Kier alpha value is -1.86. The highest BCUT2D eigenvalue weighted by Crippen LogP contribution is 2.05. The summed E-state index contributed by atoms with van der Waals surface area (Å²) in [5, 5.41) is 11.7. The molecule has 1 rings (SSSR count). The lowest BCUT2D eigenvalue weighted by Crippen LogP contribution is -2.42. The first-order valence-electron chi connectivity index (χ1n) is 6.99. The predicted molar refractivity (Wildman–Crippen MR) is 80.5 cm³/mol. The van der Waals surface area contributed by atoms with E-state index in [2.05, 4.69) is 37.9 Å². The molecule has 0 unspecified atom stereocenters. The average Bonchev–Trinajstić information content (AvgIpc) is 2.42. The predicted octanol–water partition coefficient (Wildman–Crippen LogP) is 2.41. The summed E-state index contributed by atoms with van der Waals surface area (Å²) in [6, 6.07) is 9.69. The van der Waals surface area contributed by atoms with E-state index in [1.54, 1.807) is 24.3 Å². The van der Waals surface area contributed by atoms with E-state index in [9.17, 15) is 4.79 Å². The Labute approximate surface area is 121 Å².